The van der Waals surface area contributed by atoms with Crippen LogP contribution in [0.2, 0.25) is 0 Å². The van der Waals surface area contributed by atoms with Gasteiger partial charge in [-0.15, -0.1) is 0 Å². The van der Waals surface area contributed by atoms with E-state index in [-0.39, 0.29) is 5.91 Å². The number of imidazole rings is 1. The van der Waals surface area contributed by atoms with Gasteiger partial charge in [-0.3, -0.25) is 4.79 Å². The molecule has 0 atom stereocenters. The lowest BCUT2D eigenvalue weighted by molar-refractivity contribution is 0.0787. The summed E-state index contributed by atoms with van der Waals surface area (Å²) in [6.07, 6.45) is 3.98. The molecule has 166 valence electrons. The molecule has 0 spiro atoms. The van der Waals surface area contributed by atoms with Crippen molar-refractivity contribution < 1.29 is 9.53 Å². The van der Waals surface area contributed by atoms with Crippen molar-refractivity contribution in [2.24, 2.45) is 0 Å². The maximum absolute atomic E-state index is 13.2. The molecule has 2 aromatic carbocycles. The molecule has 0 bridgehead atoms. The maximum Gasteiger partial charge on any atom is 0.274 e. The Kier molecular flexibility index (Phi) is 6.71. The van der Waals surface area contributed by atoms with Gasteiger partial charge in [0.25, 0.3) is 5.91 Å². The zero-order valence-corrected chi connectivity index (χ0v) is 19.0. The van der Waals surface area contributed by atoms with E-state index in [1.54, 1.807) is 12.0 Å². The molecule has 6 nitrogen and oxygen atoms in total. The highest BCUT2D eigenvalue weighted by atomic mass is 16.5. The number of fused-ring (bicyclic) bond motifs is 2. The van der Waals surface area contributed by atoms with Gasteiger partial charge < -0.3 is 19.4 Å². The third kappa shape index (κ3) is 4.32. The van der Waals surface area contributed by atoms with Crippen LogP contribution in [0.25, 0.3) is 16.4 Å². The maximum atomic E-state index is 13.2. The van der Waals surface area contributed by atoms with Crippen LogP contribution in [0.5, 0.6) is 5.75 Å². The van der Waals surface area contributed by atoms with Gasteiger partial charge in [0.1, 0.15) is 11.4 Å². The number of unbranched alkanes of at least 4 members (excludes halogenated alkanes) is 1. The zero-order valence-electron chi connectivity index (χ0n) is 19.0. The summed E-state index contributed by atoms with van der Waals surface area (Å²) in [4.78, 5) is 19.6. The van der Waals surface area contributed by atoms with Gasteiger partial charge in [0.15, 0.2) is 5.69 Å². The van der Waals surface area contributed by atoms with Crippen LogP contribution >= 0.6 is 0 Å². The molecule has 0 fully saturated rings. The minimum absolute atomic E-state index is 0.0401. The van der Waals surface area contributed by atoms with Crippen LogP contribution in [0.3, 0.4) is 0 Å². The zero-order chi connectivity index (χ0) is 22.5. The van der Waals surface area contributed by atoms with Crippen LogP contribution in [0.4, 0.5) is 0 Å². The molecule has 0 aliphatic rings. The van der Waals surface area contributed by atoms with Crippen molar-refractivity contribution in [3.05, 3.63) is 77.7 Å². The van der Waals surface area contributed by atoms with Crippen LogP contribution in [-0.2, 0) is 13.1 Å². The first-order valence-electron chi connectivity index (χ1n) is 11.1. The molecule has 1 N–H and O–H groups in total. The Morgan fingerprint density at radius 2 is 1.91 bits per heavy atom. The number of hydrogen-bond acceptors (Lipinski definition) is 4. The van der Waals surface area contributed by atoms with E-state index in [4.69, 9.17) is 4.74 Å². The number of aromatic nitrogens is 2. The van der Waals surface area contributed by atoms with Crippen molar-refractivity contribution in [3.63, 3.8) is 0 Å². The van der Waals surface area contributed by atoms with Crippen molar-refractivity contribution in [1.82, 2.24) is 19.6 Å². The monoisotopic (exact) mass is 430 g/mol. The number of amides is 1. The molecule has 2 aromatic heterocycles. The lowest BCUT2D eigenvalue weighted by atomic mass is 10.0. The smallest absolute Gasteiger partial charge is 0.274 e. The van der Waals surface area contributed by atoms with Crippen LogP contribution in [0, 0.1) is 0 Å². The predicted molar refractivity (Wildman–Crippen MR) is 128 cm³/mol. The van der Waals surface area contributed by atoms with Crippen molar-refractivity contribution in [2.75, 3.05) is 20.7 Å². The molecular weight excluding hydrogens is 400 g/mol. The summed E-state index contributed by atoms with van der Waals surface area (Å²) in [6, 6.07) is 18.2. The Morgan fingerprint density at radius 3 is 2.72 bits per heavy atom. The number of rotatable bonds is 9. The summed E-state index contributed by atoms with van der Waals surface area (Å²) in [5.74, 6) is 0.812. The van der Waals surface area contributed by atoms with E-state index >= 15 is 0 Å². The van der Waals surface area contributed by atoms with Gasteiger partial charge in [0, 0.05) is 38.4 Å². The van der Waals surface area contributed by atoms with Gasteiger partial charge in [-0.1, -0.05) is 49.7 Å². The third-order valence-electron chi connectivity index (χ3n) is 5.84. The molecule has 0 aliphatic heterocycles. The Labute approximate surface area is 188 Å². The average molecular weight is 431 g/mol. The fourth-order valence-corrected chi connectivity index (χ4v) is 4.06. The Bertz CT molecular complexity index is 1230. The molecule has 0 radical (unpaired) electrons. The highest BCUT2D eigenvalue weighted by Crippen LogP contribution is 2.28. The number of nitrogens with zero attached hydrogens (tertiary/aromatic N) is 3. The first kappa shape index (κ1) is 21.8. The standard InChI is InChI=1S/C26H30N4O2/c1-4-5-15-29(2)26(31)25-22(30-16-9-8-12-24(30)28-25)18-27-17-21-20-11-7-6-10-19(20)13-14-23(21)32-3/h6-14,16,27H,4-5,15,17-18H2,1-3H3. The van der Waals surface area contributed by atoms with Crippen LogP contribution < -0.4 is 10.1 Å². The van der Waals surface area contributed by atoms with E-state index in [1.807, 2.05) is 54.0 Å². The summed E-state index contributed by atoms with van der Waals surface area (Å²) in [7, 11) is 3.54. The highest BCUT2D eigenvalue weighted by Gasteiger charge is 2.21. The van der Waals surface area contributed by atoms with Crippen molar-refractivity contribution >= 4 is 22.3 Å². The number of carbonyl (C=O) groups is 1. The van der Waals surface area contributed by atoms with Gasteiger partial charge in [-0.05, 0) is 35.4 Å². The second-order valence-corrected chi connectivity index (χ2v) is 7.99. The second kappa shape index (κ2) is 9.83. The molecular formula is C26H30N4O2. The fraction of sp³-hybridized carbons (Fsp3) is 0.308. The molecule has 32 heavy (non-hydrogen) atoms. The Morgan fingerprint density at radius 1 is 1.09 bits per heavy atom. The van der Waals surface area contributed by atoms with E-state index in [9.17, 15) is 4.79 Å². The number of carbonyl (C=O) groups excluding carboxylic acids is 1. The largest absolute Gasteiger partial charge is 0.496 e. The lowest BCUT2D eigenvalue weighted by Gasteiger charge is -2.17. The number of methoxy groups -OCH3 is 1. The number of nitrogens with one attached hydrogen (secondary N) is 1. The second-order valence-electron chi connectivity index (χ2n) is 7.99. The Hall–Kier alpha value is -3.38. The van der Waals surface area contributed by atoms with E-state index < -0.39 is 0 Å². The minimum Gasteiger partial charge on any atom is -0.496 e. The minimum atomic E-state index is -0.0401. The van der Waals surface area contributed by atoms with Gasteiger partial charge in [-0.25, -0.2) is 4.98 Å². The molecule has 0 saturated heterocycles. The number of hydrogen-bond donors (Lipinski definition) is 1. The molecule has 0 saturated carbocycles. The van der Waals surface area contributed by atoms with Crippen LogP contribution in [0.15, 0.2) is 60.8 Å². The van der Waals surface area contributed by atoms with Gasteiger partial charge in [-0.2, -0.15) is 0 Å². The molecule has 4 rings (SSSR count). The van der Waals surface area contributed by atoms with Crippen molar-refractivity contribution in [1.29, 1.82) is 0 Å². The molecule has 6 heteroatoms. The van der Waals surface area contributed by atoms with Gasteiger partial charge in [0.2, 0.25) is 0 Å². The summed E-state index contributed by atoms with van der Waals surface area (Å²) in [5, 5.41) is 5.86. The lowest BCUT2D eigenvalue weighted by Crippen LogP contribution is -2.29. The summed E-state index contributed by atoms with van der Waals surface area (Å²) < 4.78 is 7.62. The van der Waals surface area contributed by atoms with Crippen molar-refractivity contribution in [2.45, 2.75) is 32.9 Å². The van der Waals surface area contributed by atoms with E-state index in [0.29, 0.717) is 18.8 Å². The normalized spacial score (nSPS) is 11.2. The van der Waals surface area contributed by atoms with Crippen LogP contribution in [-0.4, -0.2) is 40.9 Å². The number of pyridine rings is 1. The average Bonchev–Trinajstić information content (AvgIpc) is 3.20. The van der Waals surface area contributed by atoms with E-state index in [2.05, 4.69) is 35.4 Å². The molecule has 4 aromatic rings. The predicted octanol–water partition coefficient (Wildman–Crippen LogP) is 4.66. The van der Waals surface area contributed by atoms with E-state index in [1.165, 1.54) is 5.39 Å². The molecule has 2 heterocycles. The topological polar surface area (TPSA) is 58.9 Å². The van der Waals surface area contributed by atoms with Crippen LogP contribution in [0.1, 0.15) is 41.5 Å². The first-order valence-corrected chi connectivity index (χ1v) is 11.1. The highest BCUT2D eigenvalue weighted by molar-refractivity contribution is 5.94. The summed E-state index contributed by atoms with van der Waals surface area (Å²) in [6.45, 7) is 3.98. The summed E-state index contributed by atoms with van der Waals surface area (Å²) in [5.41, 5.74) is 3.26. The van der Waals surface area contributed by atoms with Gasteiger partial charge >= 0.3 is 0 Å². The first-order chi connectivity index (χ1) is 15.6. The number of ether oxygens (including phenoxy) is 1. The third-order valence-corrected chi connectivity index (χ3v) is 5.84. The van der Waals surface area contributed by atoms with Gasteiger partial charge in [0.05, 0.1) is 12.8 Å². The van der Waals surface area contributed by atoms with E-state index in [0.717, 1.165) is 47.4 Å². The SMILES string of the molecule is CCCCN(C)C(=O)c1nc2ccccn2c1CNCc1c(OC)ccc2ccccc12. The Balaban J connectivity index is 1.61. The van der Waals surface area contributed by atoms with Crippen molar-refractivity contribution in [3.8, 4) is 5.75 Å². The fourth-order valence-electron chi connectivity index (χ4n) is 4.06. The number of benzene rings is 2. The summed E-state index contributed by atoms with van der Waals surface area (Å²) >= 11 is 0. The molecule has 0 aliphatic carbocycles. The molecule has 1 amide bonds. The quantitative estimate of drug-likeness (QED) is 0.420. The molecule has 0 unspecified atom stereocenters.